The van der Waals surface area contributed by atoms with Gasteiger partial charge < -0.3 is 20.3 Å². The molecule has 6 heteroatoms. The molecule has 0 aromatic heterocycles. The zero-order chi connectivity index (χ0) is 15.1. The van der Waals surface area contributed by atoms with Crippen LogP contribution in [0.4, 0.5) is 0 Å². The van der Waals surface area contributed by atoms with Gasteiger partial charge in [-0.2, -0.15) is 0 Å². The minimum Gasteiger partial charge on any atom is -0.380 e. The lowest BCUT2D eigenvalue weighted by Crippen LogP contribution is -2.51. The molecule has 2 fully saturated rings. The number of guanidine groups is 1. The summed E-state index contributed by atoms with van der Waals surface area (Å²) in [6, 6.07) is 0. The molecule has 2 saturated heterocycles. The number of aliphatic imine (C=N–C) groups is 1. The summed E-state index contributed by atoms with van der Waals surface area (Å²) in [4.78, 5) is 18.5. The first-order valence-electron chi connectivity index (χ1n) is 8.07. The number of piperidine rings is 1. The lowest BCUT2D eigenvalue weighted by Gasteiger charge is -2.40. The Balaban J connectivity index is 1.97. The van der Waals surface area contributed by atoms with Gasteiger partial charge >= 0.3 is 0 Å². The number of nitrogens with zero attached hydrogens (tertiary/aromatic N) is 2. The lowest BCUT2D eigenvalue weighted by molar-refractivity contribution is -0.119. The van der Waals surface area contributed by atoms with E-state index in [1.807, 2.05) is 6.92 Å². The summed E-state index contributed by atoms with van der Waals surface area (Å²) in [5.41, 5.74) is 0.103. The van der Waals surface area contributed by atoms with Gasteiger partial charge in [-0.05, 0) is 26.7 Å². The Kier molecular flexibility index (Phi) is 5.85. The molecule has 120 valence electrons. The van der Waals surface area contributed by atoms with E-state index in [-0.39, 0.29) is 11.3 Å². The Morgan fingerprint density at radius 2 is 2.38 bits per heavy atom. The fourth-order valence-electron chi connectivity index (χ4n) is 3.22. The number of carbonyl (C=O) groups is 1. The van der Waals surface area contributed by atoms with Gasteiger partial charge in [-0.3, -0.25) is 9.79 Å². The number of carbonyl (C=O) groups excluding carboxylic acids is 1. The topological polar surface area (TPSA) is 66.0 Å². The first kappa shape index (κ1) is 16.1. The number of likely N-dealkylation sites (tertiary alicyclic amines) is 1. The molecule has 0 saturated carbocycles. The fraction of sp³-hybridized carbons (Fsp3) is 0.867. The predicted octanol–water partition coefficient (Wildman–Crippen LogP) is 0.591. The summed E-state index contributed by atoms with van der Waals surface area (Å²) in [6.45, 7) is 9.72. The molecule has 0 bridgehead atoms. The van der Waals surface area contributed by atoms with Gasteiger partial charge in [-0.1, -0.05) is 0 Å². The zero-order valence-corrected chi connectivity index (χ0v) is 13.3. The van der Waals surface area contributed by atoms with E-state index < -0.39 is 0 Å². The molecule has 2 aliphatic rings. The number of nitrogens with one attached hydrogen (secondary N) is 2. The van der Waals surface area contributed by atoms with Gasteiger partial charge in [-0.25, -0.2) is 0 Å². The summed E-state index contributed by atoms with van der Waals surface area (Å²) in [6.07, 6.45) is 2.90. The van der Waals surface area contributed by atoms with E-state index in [9.17, 15) is 4.79 Å². The second-order valence-corrected chi connectivity index (χ2v) is 5.91. The van der Waals surface area contributed by atoms with Crippen molar-refractivity contribution < 1.29 is 9.53 Å². The molecular weight excluding hydrogens is 268 g/mol. The minimum absolute atomic E-state index is 0.103. The van der Waals surface area contributed by atoms with E-state index in [4.69, 9.17) is 4.74 Å². The largest absolute Gasteiger partial charge is 0.380 e. The summed E-state index contributed by atoms with van der Waals surface area (Å²) < 4.78 is 5.35. The second kappa shape index (κ2) is 7.64. The highest BCUT2D eigenvalue weighted by Crippen LogP contribution is 2.35. The maximum atomic E-state index is 11.6. The normalized spacial score (nSPS) is 26.3. The van der Waals surface area contributed by atoms with E-state index in [1.165, 1.54) is 0 Å². The second-order valence-electron chi connectivity index (χ2n) is 5.91. The van der Waals surface area contributed by atoms with Crippen LogP contribution in [0.25, 0.3) is 0 Å². The predicted molar refractivity (Wildman–Crippen MR) is 83.3 cm³/mol. The molecule has 2 aliphatic heterocycles. The smallest absolute Gasteiger partial charge is 0.220 e. The standard InChI is InChI=1S/C15H28N4O2/c1-3-16-14(17-7-9-21-4-2)19-8-5-6-15(12-19)10-13(20)18-11-15/h3-12H2,1-2H3,(H,16,17)(H,18,20). The molecule has 1 unspecified atom stereocenters. The fourth-order valence-corrected chi connectivity index (χ4v) is 3.22. The van der Waals surface area contributed by atoms with Gasteiger partial charge in [0.1, 0.15) is 0 Å². The highest BCUT2D eigenvalue weighted by atomic mass is 16.5. The molecule has 0 aromatic rings. The van der Waals surface area contributed by atoms with Crippen LogP contribution in [-0.4, -0.2) is 62.7 Å². The summed E-state index contributed by atoms with van der Waals surface area (Å²) in [5.74, 6) is 1.14. The van der Waals surface area contributed by atoms with Crippen molar-refractivity contribution in [3.8, 4) is 0 Å². The van der Waals surface area contributed by atoms with Gasteiger partial charge in [-0.15, -0.1) is 0 Å². The first-order chi connectivity index (χ1) is 10.2. The van der Waals surface area contributed by atoms with Crippen molar-refractivity contribution in [1.82, 2.24) is 15.5 Å². The highest BCUT2D eigenvalue weighted by molar-refractivity contribution is 5.81. The van der Waals surface area contributed by atoms with Crippen LogP contribution in [0.5, 0.6) is 0 Å². The van der Waals surface area contributed by atoms with Gasteiger partial charge in [0.25, 0.3) is 0 Å². The van der Waals surface area contributed by atoms with E-state index in [0.29, 0.717) is 19.6 Å². The third-order valence-corrected chi connectivity index (χ3v) is 4.19. The molecule has 2 rings (SSSR count). The third-order valence-electron chi connectivity index (χ3n) is 4.19. The van der Waals surface area contributed by atoms with Gasteiger partial charge in [0.2, 0.25) is 5.91 Å². The van der Waals surface area contributed by atoms with Crippen LogP contribution < -0.4 is 10.6 Å². The van der Waals surface area contributed by atoms with Crippen molar-refractivity contribution in [2.75, 3.05) is 45.9 Å². The molecular formula is C15H28N4O2. The summed E-state index contributed by atoms with van der Waals surface area (Å²) >= 11 is 0. The van der Waals surface area contributed by atoms with Crippen LogP contribution in [0.2, 0.25) is 0 Å². The molecule has 2 heterocycles. The van der Waals surface area contributed by atoms with Crippen molar-refractivity contribution >= 4 is 11.9 Å². The molecule has 0 radical (unpaired) electrons. The van der Waals surface area contributed by atoms with Crippen molar-refractivity contribution in [1.29, 1.82) is 0 Å². The number of hydrogen-bond acceptors (Lipinski definition) is 3. The van der Waals surface area contributed by atoms with Gasteiger partial charge in [0.05, 0.1) is 13.2 Å². The van der Waals surface area contributed by atoms with Crippen molar-refractivity contribution in [2.24, 2.45) is 10.4 Å². The van der Waals surface area contributed by atoms with Crippen LogP contribution in [0.15, 0.2) is 4.99 Å². The van der Waals surface area contributed by atoms with E-state index in [0.717, 1.165) is 51.6 Å². The lowest BCUT2D eigenvalue weighted by atomic mass is 9.79. The maximum Gasteiger partial charge on any atom is 0.220 e. The van der Waals surface area contributed by atoms with Gasteiger partial charge in [0, 0.05) is 44.6 Å². The SMILES string of the molecule is CCNC(=NCCOCC)N1CCCC2(CNC(=O)C2)C1. The van der Waals surface area contributed by atoms with Crippen LogP contribution in [0.1, 0.15) is 33.1 Å². The quantitative estimate of drug-likeness (QED) is 0.443. The van der Waals surface area contributed by atoms with Crippen molar-refractivity contribution in [3.63, 3.8) is 0 Å². The molecule has 0 aliphatic carbocycles. The van der Waals surface area contributed by atoms with Crippen LogP contribution in [0, 0.1) is 5.41 Å². The molecule has 1 spiro atoms. The highest BCUT2D eigenvalue weighted by Gasteiger charge is 2.42. The first-order valence-corrected chi connectivity index (χ1v) is 8.07. The maximum absolute atomic E-state index is 11.6. The van der Waals surface area contributed by atoms with Crippen molar-refractivity contribution in [3.05, 3.63) is 0 Å². The molecule has 2 N–H and O–H groups in total. The Morgan fingerprint density at radius 3 is 3.05 bits per heavy atom. The van der Waals surface area contributed by atoms with E-state index in [1.54, 1.807) is 0 Å². The average molecular weight is 296 g/mol. The Morgan fingerprint density at radius 1 is 1.52 bits per heavy atom. The Labute approximate surface area is 127 Å². The number of rotatable bonds is 5. The monoisotopic (exact) mass is 296 g/mol. The Hall–Kier alpha value is -1.30. The number of ether oxygens (including phenoxy) is 1. The number of hydrogen-bond donors (Lipinski definition) is 2. The molecule has 0 aromatic carbocycles. The van der Waals surface area contributed by atoms with E-state index >= 15 is 0 Å². The molecule has 1 atom stereocenters. The minimum atomic E-state index is 0.103. The van der Waals surface area contributed by atoms with Gasteiger partial charge in [0.15, 0.2) is 5.96 Å². The van der Waals surface area contributed by atoms with Crippen LogP contribution >= 0.6 is 0 Å². The summed E-state index contributed by atoms with van der Waals surface area (Å²) in [5, 5.41) is 6.35. The van der Waals surface area contributed by atoms with E-state index in [2.05, 4.69) is 27.4 Å². The van der Waals surface area contributed by atoms with Crippen molar-refractivity contribution in [2.45, 2.75) is 33.1 Å². The average Bonchev–Trinajstić information content (AvgIpc) is 2.83. The molecule has 6 nitrogen and oxygen atoms in total. The summed E-state index contributed by atoms with van der Waals surface area (Å²) in [7, 11) is 0. The molecule has 21 heavy (non-hydrogen) atoms. The Bertz CT molecular complexity index is 386. The third kappa shape index (κ3) is 4.33. The molecule has 1 amide bonds. The zero-order valence-electron chi connectivity index (χ0n) is 13.3. The van der Waals surface area contributed by atoms with Crippen LogP contribution in [-0.2, 0) is 9.53 Å². The number of amides is 1. The van der Waals surface area contributed by atoms with Crippen LogP contribution in [0.3, 0.4) is 0 Å².